The molecular formula is C6H11F2NO2S. The van der Waals surface area contributed by atoms with Crippen molar-refractivity contribution in [2.75, 3.05) is 0 Å². The molecule has 1 atom stereocenters. The van der Waals surface area contributed by atoms with Crippen LogP contribution >= 0.6 is 11.8 Å². The van der Waals surface area contributed by atoms with Crippen molar-refractivity contribution in [2.45, 2.75) is 30.4 Å². The van der Waals surface area contributed by atoms with Gasteiger partial charge in [-0.1, -0.05) is 11.8 Å². The van der Waals surface area contributed by atoms with Crippen molar-refractivity contribution in [3.8, 4) is 0 Å². The molecule has 0 aliphatic carbocycles. The van der Waals surface area contributed by atoms with Crippen LogP contribution in [0.15, 0.2) is 0 Å². The Bertz CT molecular complexity index is 175. The molecule has 6 heteroatoms. The molecule has 0 bridgehead atoms. The summed E-state index contributed by atoms with van der Waals surface area (Å²) in [5, 5.41) is 8.45. The van der Waals surface area contributed by atoms with Crippen LogP contribution < -0.4 is 5.73 Å². The second-order valence-electron chi connectivity index (χ2n) is 2.80. The fourth-order valence-corrected chi connectivity index (χ4v) is 1.31. The third kappa shape index (κ3) is 3.36. The number of rotatable bonds is 4. The Kier molecular flexibility index (Phi) is 3.92. The lowest BCUT2D eigenvalue weighted by molar-refractivity contribution is -0.139. The number of halogens is 2. The van der Waals surface area contributed by atoms with Gasteiger partial charge in [0, 0.05) is 4.75 Å². The van der Waals surface area contributed by atoms with E-state index in [1.54, 1.807) is 0 Å². The fraction of sp³-hybridized carbons (Fsp3) is 0.833. The highest BCUT2D eigenvalue weighted by molar-refractivity contribution is 8.01. The molecule has 0 aliphatic rings. The summed E-state index contributed by atoms with van der Waals surface area (Å²) in [6.07, 6.45) is 0. The molecule has 0 aromatic rings. The first-order valence-electron chi connectivity index (χ1n) is 3.21. The fourth-order valence-electron chi connectivity index (χ4n) is 0.600. The van der Waals surface area contributed by atoms with Crippen molar-refractivity contribution in [1.82, 2.24) is 0 Å². The number of carbonyl (C=O) groups is 1. The van der Waals surface area contributed by atoms with Crippen LogP contribution in [0.1, 0.15) is 13.8 Å². The van der Waals surface area contributed by atoms with Crippen molar-refractivity contribution < 1.29 is 18.7 Å². The van der Waals surface area contributed by atoms with Gasteiger partial charge in [0.15, 0.2) is 0 Å². The Balaban J connectivity index is 4.28. The molecule has 0 aromatic heterocycles. The van der Waals surface area contributed by atoms with Gasteiger partial charge in [0.05, 0.1) is 0 Å². The normalized spacial score (nSPS) is 14.8. The Labute approximate surface area is 73.3 Å². The maximum absolute atomic E-state index is 11.9. The number of aliphatic carboxylic acids is 1. The van der Waals surface area contributed by atoms with Gasteiger partial charge in [-0.05, 0) is 13.8 Å². The number of carboxylic acids is 1. The highest BCUT2D eigenvalue weighted by atomic mass is 32.2. The first-order chi connectivity index (χ1) is 5.27. The van der Waals surface area contributed by atoms with Gasteiger partial charge in [-0.3, -0.25) is 4.79 Å². The van der Waals surface area contributed by atoms with E-state index in [9.17, 15) is 13.6 Å². The summed E-state index contributed by atoms with van der Waals surface area (Å²) in [4.78, 5) is 10.3. The average molecular weight is 199 g/mol. The minimum Gasteiger partial charge on any atom is -0.480 e. The Morgan fingerprint density at radius 3 is 2.25 bits per heavy atom. The van der Waals surface area contributed by atoms with Crippen LogP contribution in [0.4, 0.5) is 8.78 Å². The molecule has 0 unspecified atom stereocenters. The van der Waals surface area contributed by atoms with E-state index >= 15 is 0 Å². The van der Waals surface area contributed by atoms with Crippen molar-refractivity contribution in [1.29, 1.82) is 0 Å². The molecule has 0 aromatic carbocycles. The molecule has 72 valence electrons. The minimum absolute atomic E-state index is 0.254. The lowest BCUT2D eigenvalue weighted by Crippen LogP contribution is -2.47. The Morgan fingerprint density at radius 2 is 2.00 bits per heavy atom. The van der Waals surface area contributed by atoms with Crippen molar-refractivity contribution in [3.05, 3.63) is 0 Å². The van der Waals surface area contributed by atoms with E-state index in [1.807, 2.05) is 0 Å². The van der Waals surface area contributed by atoms with Crippen LogP contribution in [0.5, 0.6) is 0 Å². The molecule has 0 saturated carbocycles. The molecule has 0 fully saturated rings. The average Bonchev–Trinajstić information content (AvgIpc) is 1.82. The zero-order valence-corrected chi connectivity index (χ0v) is 7.57. The minimum atomic E-state index is -2.61. The quantitative estimate of drug-likeness (QED) is 0.712. The SMILES string of the molecule is CC(C)(SC(F)F)[C@H](N)C(=O)O. The van der Waals surface area contributed by atoms with Crippen LogP contribution in [0.25, 0.3) is 0 Å². The second-order valence-corrected chi connectivity index (χ2v) is 4.44. The van der Waals surface area contributed by atoms with Crippen molar-refractivity contribution >= 4 is 17.7 Å². The standard InChI is InChI=1S/C6H11F2NO2S/c1-6(2,12-5(7)8)3(9)4(10)11/h3,5H,9H2,1-2H3,(H,10,11)/t3-/m1/s1. The maximum atomic E-state index is 11.9. The molecule has 0 rings (SSSR count). The second kappa shape index (κ2) is 4.04. The molecule has 0 radical (unpaired) electrons. The number of thioether (sulfide) groups is 1. The van der Waals surface area contributed by atoms with E-state index in [4.69, 9.17) is 10.8 Å². The molecule has 0 saturated heterocycles. The van der Waals surface area contributed by atoms with Crippen molar-refractivity contribution in [3.63, 3.8) is 0 Å². The van der Waals surface area contributed by atoms with Crippen LogP contribution in [-0.4, -0.2) is 27.6 Å². The number of hydrogen-bond donors (Lipinski definition) is 2. The Morgan fingerprint density at radius 1 is 1.58 bits per heavy atom. The lowest BCUT2D eigenvalue weighted by atomic mass is 10.1. The monoisotopic (exact) mass is 199 g/mol. The summed E-state index contributed by atoms with van der Waals surface area (Å²) in [5.74, 6) is -3.88. The van der Waals surface area contributed by atoms with Gasteiger partial charge < -0.3 is 10.8 Å². The van der Waals surface area contributed by atoms with Crippen LogP contribution in [0.2, 0.25) is 0 Å². The van der Waals surface area contributed by atoms with Gasteiger partial charge in [0.1, 0.15) is 6.04 Å². The predicted octanol–water partition coefficient (Wildman–Crippen LogP) is 1.13. The molecular weight excluding hydrogens is 188 g/mol. The van der Waals surface area contributed by atoms with Gasteiger partial charge in [0.2, 0.25) is 0 Å². The van der Waals surface area contributed by atoms with Gasteiger partial charge in [-0.25, -0.2) is 0 Å². The summed E-state index contributed by atoms with van der Waals surface area (Å²) in [7, 11) is 0. The maximum Gasteiger partial charge on any atom is 0.321 e. The largest absolute Gasteiger partial charge is 0.480 e. The smallest absolute Gasteiger partial charge is 0.321 e. The summed E-state index contributed by atoms with van der Waals surface area (Å²) < 4.78 is 22.6. The van der Waals surface area contributed by atoms with Gasteiger partial charge in [-0.15, -0.1) is 0 Å². The van der Waals surface area contributed by atoms with Crippen LogP contribution in [-0.2, 0) is 4.79 Å². The van der Waals surface area contributed by atoms with E-state index in [0.717, 1.165) is 0 Å². The first-order valence-corrected chi connectivity index (χ1v) is 4.09. The van der Waals surface area contributed by atoms with Crippen LogP contribution in [0.3, 0.4) is 0 Å². The van der Waals surface area contributed by atoms with E-state index in [0.29, 0.717) is 0 Å². The summed E-state index contributed by atoms with van der Waals surface area (Å²) in [6, 6.07) is -1.28. The number of carboxylic acid groups (broad SMARTS) is 1. The summed E-state index contributed by atoms with van der Waals surface area (Å²) in [5.41, 5.74) is 5.19. The topological polar surface area (TPSA) is 63.3 Å². The van der Waals surface area contributed by atoms with E-state index in [-0.39, 0.29) is 11.8 Å². The van der Waals surface area contributed by atoms with Gasteiger partial charge in [0.25, 0.3) is 5.76 Å². The third-order valence-corrected chi connectivity index (χ3v) is 2.45. The molecule has 3 N–H and O–H groups in total. The Hall–Kier alpha value is -0.360. The zero-order chi connectivity index (χ0) is 9.94. The number of nitrogens with two attached hydrogens (primary N) is 1. The number of alkyl halides is 2. The lowest BCUT2D eigenvalue weighted by Gasteiger charge is -2.27. The summed E-state index contributed by atoms with van der Waals surface area (Å²) >= 11 is 0.254. The van der Waals surface area contributed by atoms with Crippen LogP contribution in [0, 0.1) is 0 Å². The highest BCUT2D eigenvalue weighted by Gasteiger charge is 2.35. The summed E-state index contributed by atoms with van der Waals surface area (Å²) in [6.45, 7) is 2.76. The van der Waals surface area contributed by atoms with E-state index in [2.05, 4.69) is 0 Å². The highest BCUT2D eigenvalue weighted by Crippen LogP contribution is 2.32. The van der Waals surface area contributed by atoms with Gasteiger partial charge in [-0.2, -0.15) is 8.78 Å². The molecule has 0 aliphatic heterocycles. The molecule has 0 heterocycles. The first kappa shape index (κ1) is 11.6. The number of hydrogen-bond acceptors (Lipinski definition) is 3. The molecule has 0 spiro atoms. The molecule has 3 nitrogen and oxygen atoms in total. The van der Waals surface area contributed by atoms with Crippen molar-refractivity contribution in [2.24, 2.45) is 5.73 Å². The predicted molar refractivity (Wildman–Crippen MR) is 43.3 cm³/mol. The van der Waals surface area contributed by atoms with Gasteiger partial charge >= 0.3 is 5.97 Å². The van der Waals surface area contributed by atoms with E-state index < -0.39 is 22.5 Å². The molecule has 12 heavy (non-hydrogen) atoms. The third-order valence-electron chi connectivity index (χ3n) is 1.41. The molecule has 0 amide bonds. The van der Waals surface area contributed by atoms with E-state index in [1.165, 1.54) is 13.8 Å². The zero-order valence-electron chi connectivity index (χ0n) is 6.75.